The van der Waals surface area contributed by atoms with Crippen molar-refractivity contribution in [1.82, 2.24) is 9.55 Å². The largest absolute Gasteiger partial charge is 0.496 e. The molecule has 0 bridgehead atoms. The number of amides is 1. The molecule has 0 N–H and O–H groups in total. The number of hydrogen-bond donors (Lipinski definition) is 0. The molecular formula is C41H37N3O5. The lowest BCUT2D eigenvalue weighted by atomic mass is 10.0. The standard InChI is InChI=1S/C41H37N3O5/c1-28(2)24-35-39(32-18-10-12-20-37(32)48-26-29-14-6-4-7-15-29)42-40(44(35)31-22-23-36(47-3)34(25-31)41(45)43-46)33-19-11-13-21-38(33)49-27-30-16-8-5-9-17-30/h4-23,25,28H,24,26-27H2,1-3H3. The topological polar surface area (TPSA) is 92.0 Å². The van der Waals surface area contributed by atoms with E-state index >= 15 is 0 Å². The highest BCUT2D eigenvalue weighted by Crippen LogP contribution is 2.41. The van der Waals surface area contributed by atoms with Crippen LogP contribution >= 0.6 is 0 Å². The third kappa shape index (κ3) is 7.44. The number of methoxy groups -OCH3 is 1. The number of hydrogen-bond acceptors (Lipinski definition) is 6. The molecule has 0 aliphatic rings. The van der Waals surface area contributed by atoms with E-state index in [-0.39, 0.29) is 17.2 Å². The van der Waals surface area contributed by atoms with Gasteiger partial charge in [0.1, 0.15) is 36.3 Å². The molecule has 49 heavy (non-hydrogen) atoms. The monoisotopic (exact) mass is 651 g/mol. The molecule has 6 rings (SSSR count). The van der Waals surface area contributed by atoms with E-state index in [0.717, 1.165) is 33.6 Å². The summed E-state index contributed by atoms with van der Waals surface area (Å²) in [5.74, 6) is 1.52. The van der Waals surface area contributed by atoms with Gasteiger partial charge in [-0.15, -0.1) is 4.91 Å². The number of nitroso groups, excluding NO2 is 1. The highest BCUT2D eigenvalue weighted by Gasteiger charge is 2.26. The average molecular weight is 652 g/mol. The summed E-state index contributed by atoms with van der Waals surface area (Å²) in [5, 5.41) is 2.70. The number of rotatable bonds is 13. The molecule has 0 atom stereocenters. The van der Waals surface area contributed by atoms with Crippen LogP contribution in [0.4, 0.5) is 0 Å². The molecule has 0 radical (unpaired) electrons. The second kappa shape index (κ2) is 15.3. The van der Waals surface area contributed by atoms with Gasteiger partial charge in [-0.2, -0.15) is 0 Å². The third-order valence-electron chi connectivity index (χ3n) is 8.07. The van der Waals surface area contributed by atoms with E-state index in [4.69, 9.17) is 19.2 Å². The van der Waals surface area contributed by atoms with Gasteiger partial charge in [0.05, 0.1) is 29.6 Å². The lowest BCUT2D eigenvalue weighted by molar-refractivity contribution is 0.0998. The van der Waals surface area contributed by atoms with Crippen LogP contribution in [0.1, 0.15) is 41.0 Å². The second-order valence-corrected chi connectivity index (χ2v) is 12.0. The molecule has 0 fully saturated rings. The predicted octanol–water partition coefficient (Wildman–Crippen LogP) is 9.48. The second-order valence-electron chi connectivity index (χ2n) is 12.0. The van der Waals surface area contributed by atoms with Gasteiger partial charge in [-0.3, -0.25) is 9.36 Å². The van der Waals surface area contributed by atoms with Gasteiger partial charge in [0.25, 0.3) is 0 Å². The zero-order valence-electron chi connectivity index (χ0n) is 27.7. The first-order valence-corrected chi connectivity index (χ1v) is 16.2. The molecule has 8 nitrogen and oxygen atoms in total. The highest BCUT2D eigenvalue weighted by atomic mass is 16.5. The number of imidazole rings is 1. The number of aromatic nitrogens is 2. The van der Waals surface area contributed by atoms with Crippen molar-refractivity contribution >= 4 is 5.91 Å². The van der Waals surface area contributed by atoms with E-state index in [0.29, 0.717) is 42.6 Å². The zero-order chi connectivity index (χ0) is 34.2. The van der Waals surface area contributed by atoms with Gasteiger partial charge in [-0.05, 0) is 65.9 Å². The van der Waals surface area contributed by atoms with Gasteiger partial charge < -0.3 is 14.2 Å². The Kier molecular flexibility index (Phi) is 10.2. The zero-order valence-corrected chi connectivity index (χ0v) is 27.7. The molecule has 8 heteroatoms. The Bertz CT molecular complexity index is 2060. The van der Waals surface area contributed by atoms with Crippen molar-refractivity contribution in [1.29, 1.82) is 0 Å². The minimum Gasteiger partial charge on any atom is -0.496 e. The molecular weight excluding hydrogens is 614 g/mol. The summed E-state index contributed by atoms with van der Waals surface area (Å²) in [6, 6.07) is 40.8. The normalized spacial score (nSPS) is 10.9. The van der Waals surface area contributed by atoms with Crippen LogP contribution in [0, 0.1) is 10.8 Å². The van der Waals surface area contributed by atoms with Crippen molar-refractivity contribution in [2.75, 3.05) is 7.11 Å². The maximum atomic E-state index is 12.7. The number of carbonyl (C=O) groups is 1. The number of para-hydroxylation sites is 2. The van der Waals surface area contributed by atoms with Crippen molar-refractivity contribution in [3.63, 3.8) is 0 Å². The quantitative estimate of drug-likeness (QED) is 0.116. The van der Waals surface area contributed by atoms with Crippen LogP contribution < -0.4 is 14.2 Å². The van der Waals surface area contributed by atoms with E-state index in [1.807, 2.05) is 120 Å². The van der Waals surface area contributed by atoms with Gasteiger partial charge in [-0.1, -0.05) is 98.8 Å². The average Bonchev–Trinajstić information content (AvgIpc) is 3.51. The number of ether oxygens (including phenoxy) is 3. The summed E-state index contributed by atoms with van der Waals surface area (Å²) >= 11 is 0. The Morgan fingerprint density at radius 2 is 1.27 bits per heavy atom. The maximum absolute atomic E-state index is 12.7. The summed E-state index contributed by atoms with van der Waals surface area (Å²) < 4.78 is 20.3. The van der Waals surface area contributed by atoms with Crippen LogP contribution in [0.25, 0.3) is 28.3 Å². The summed E-state index contributed by atoms with van der Waals surface area (Å²) in [5.41, 5.74) is 6.00. The number of carbonyl (C=O) groups excluding carboxylic acids is 1. The van der Waals surface area contributed by atoms with E-state index in [2.05, 4.69) is 19.0 Å². The fraction of sp³-hybridized carbons (Fsp3) is 0.171. The lowest BCUT2D eigenvalue weighted by Gasteiger charge is -2.18. The third-order valence-corrected chi connectivity index (χ3v) is 8.07. The van der Waals surface area contributed by atoms with Crippen molar-refractivity contribution in [3.05, 3.63) is 155 Å². The van der Waals surface area contributed by atoms with Gasteiger partial charge in [-0.25, -0.2) is 4.98 Å². The lowest BCUT2D eigenvalue weighted by Crippen LogP contribution is -2.09. The first-order valence-electron chi connectivity index (χ1n) is 16.2. The van der Waals surface area contributed by atoms with Gasteiger partial charge in [0, 0.05) is 16.4 Å². The van der Waals surface area contributed by atoms with Crippen molar-refractivity contribution in [2.45, 2.75) is 33.5 Å². The molecule has 6 aromatic rings. The van der Waals surface area contributed by atoms with Gasteiger partial charge >= 0.3 is 5.91 Å². The molecule has 0 saturated carbocycles. The summed E-state index contributed by atoms with van der Waals surface area (Å²) in [7, 11) is 1.45. The summed E-state index contributed by atoms with van der Waals surface area (Å²) in [4.78, 5) is 29.5. The Morgan fingerprint density at radius 1 is 0.714 bits per heavy atom. The molecule has 0 aliphatic heterocycles. The molecule has 246 valence electrons. The molecule has 0 unspecified atom stereocenters. The van der Waals surface area contributed by atoms with Crippen molar-refractivity contribution in [2.24, 2.45) is 11.1 Å². The molecule has 5 aromatic carbocycles. The summed E-state index contributed by atoms with van der Waals surface area (Å²) in [6.45, 7) is 5.06. The SMILES string of the molecule is COc1ccc(-n2c(-c3ccccc3OCc3ccccc3)nc(-c3ccccc3OCc3ccccc3)c2CC(C)C)cc1C(=O)N=O. The van der Waals surface area contributed by atoms with E-state index in [9.17, 15) is 9.70 Å². The van der Waals surface area contributed by atoms with E-state index < -0.39 is 5.91 Å². The molecule has 1 heterocycles. The Labute approximate surface area is 285 Å². The van der Waals surface area contributed by atoms with Crippen molar-refractivity contribution in [3.8, 4) is 45.6 Å². The molecule has 1 amide bonds. The minimum atomic E-state index is -0.919. The first kappa shape index (κ1) is 32.9. The van der Waals surface area contributed by atoms with Crippen LogP contribution in [0.3, 0.4) is 0 Å². The molecule has 0 saturated heterocycles. The fourth-order valence-electron chi connectivity index (χ4n) is 5.79. The van der Waals surface area contributed by atoms with Crippen molar-refractivity contribution < 1.29 is 19.0 Å². The molecule has 0 aliphatic carbocycles. The number of benzene rings is 5. The fourth-order valence-corrected chi connectivity index (χ4v) is 5.79. The van der Waals surface area contributed by atoms with Crippen LogP contribution in [0.5, 0.6) is 17.2 Å². The summed E-state index contributed by atoms with van der Waals surface area (Å²) in [6.07, 6.45) is 0.642. The Hall–Kier alpha value is -6.02. The number of nitrogens with zero attached hydrogens (tertiary/aromatic N) is 3. The smallest absolute Gasteiger partial charge is 0.320 e. The highest BCUT2D eigenvalue weighted by molar-refractivity contribution is 5.98. The maximum Gasteiger partial charge on any atom is 0.320 e. The van der Waals surface area contributed by atoms with Crippen LogP contribution in [0.2, 0.25) is 0 Å². The Balaban J connectivity index is 1.57. The predicted molar refractivity (Wildman–Crippen MR) is 191 cm³/mol. The minimum absolute atomic E-state index is 0.0619. The molecule has 1 aromatic heterocycles. The molecule has 0 spiro atoms. The van der Waals surface area contributed by atoms with E-state index in [1.54, 1.807) is 12.1 Å². The van der Waals surface area contributed by atoms with Crippen LogP contribution in [-0.2, 0) is 19.6 Å². The van der Waals surface area contributed by atoms with Gasteiger partial charge in [0.15, 0.2) is 0 Å². The van der Waals surface area contributed by atoms with Gasteiger partial charge in [0.2, 0.25) is 0 Å². The first-order chi connectivity index (χ1) is 24.0. The van der Waals surface area contributed by atoms with E-state index in [1.165, 1.54) is 7.11 Å². The van der Waals surface area contributed by atoms with Crippen LogP contribution in [0.15, 0.2) is 133 Å². The van der Waals surface area contributed by atoms with Crippen LogP contribution in [-0.4, -0.2) is 22.6 Å². The Morgan fingerprint density at radius 3 is 1.84 bits per heavy atom.